The van der Waals surface area contributed by atoms with Crippen molar-refractivity contribution in [3.63, 3.8) is 0 Å². The molecule has 0 unspecified atom stereocenters. The number of benzene rings is 2. The third-order valence-corrected chi connectivity index (χ3v) is 5.14. The van der Waals surface area contributed by atoms with Gasteiger partial charge in [-0.15, -0.1) is 10.2 Å². The Kier molecular flexibility index (Phi) is 5.85. The molecule has 33 heavy (non-hydrogen) atoms. The van der Waals surface area contributed by atoms with Gasteiger partial charge in [0.1, 0.15) is 5.82 Å². The Morgan fingerprint density at radius 1 is 1.09 bits per heavy atom. The number of nitrogens with two attached hydrogens (primary N) is 1. The minimum atomic E-state index is -4.66. The summed E-state index contributed by atoms with van der Waals surface area (Å²) in [4.78, 5) is 17.9. The maximum Gasteiger partial charge on any atom is 0.418 e. The molecule has 172 valence electrons. The van der Waals surface area contributed by atoms with Gasteiger partial charge in [0.05, 0.1) is 16.9 Å². The van der Waals surface area contributed by atoms with E-state index in [4.69, 9.17) is 5.73 Å². The Morgan fingerprint density at radius 2 is 1.85 bits per heavy atom. The Balaban J connectivity index is 1.69. The van der Waals surface area contributed by atoms with Gasteiger partial charge in [0.15, 0.2) is 11.5 Å². The van der Waals surface area contributed by atoms with E-state index in [0.717, 1.165) is 23.7 Å². The second-order valence-electron chi connectivity index (χ2n) is 7.58. The van der Waals surface area contributed by atoms with E-state index >= 15 is 0 Å². The number of carbonyl (C=O) groups is 1. The minimum absolute atomic E-state index is 0.0688. The fraction of sp³-hybridized carbons (Fsp3) is 0.238. The number of hydrogen-bond acceptors (Lipinski definition) is 7. The van der Waals surface area contributed by atoms with E-state index in [-0.39, 0.29) is 23.1 Å². The first kappa shape index (κ1) is 22.4. The zero-order valence-corrected chi connectivity index (χ0v) is 17.4. The van der Waals surface area contributed by atoms with Crippen LogP contribution in [0, 0.1) is 5.82 Å². The van der Waals surface area contributed by atoms with E-state index in [1.165, 1.54) is 24.3 Å². The minimum Gasteiger partial charge on any atom is -0.364 e. The van der Waals surface area contributed by atoms with Crippen LogP contribution in [0.4, 0.5) is 40.7 Å². The first-order valence-corrected chi connectivity index (χ1v) is 9.86. The molecule has 1 aliphatic heterocycles. The molecule has 1 amide bonds. The molecule has 0 atom stereocenters. The lowest BCUT2D eigenvalue weighted by atomic mass is 9.99. The molecule has 0 bridgehead atoms. The third kappa shape index (κ3) is 4.85. The van der Waals surface area contributed by atoms with Gasteiger partial charge in [-0.1, -0.05) is 12.1 Å². The first-order valence-electron chi connectivity index (χ1n) is 9.86. The average molecular weight is 461 g/mol. The number of nitrogens with one attached hydrogen (secondary N) is 2. The van der Waals surface area contributed by atoms with Crippen molar-refractivity contribution in [2.24, 2.45) is 5.73 Å². The van der Waals surface area contributed by atoms with Crippen molar-refractivity contribution < 1.29 is 22.4 Å². The lowest BCUT2D eigenvalue weighted by molar-refractivity contribution is -0.136. The molecule has 3 aromatic rings. The third-order valence-electron chi connectivity index (χ3n) is 5.14. The molecule has 2 aromatic carbocycles. The first-order chi connectivity index (χ1) is 15.6. The van der Waals surface area contributed by atoms with E-state index in [1.807, 2.05) is 7.05 Å². The highest BCUT2D eigenvalue weighted by molar-refractivity contribution is 5.96. The summed E-state index contributed by atoms with van der Waals surface area (Å²) in [6.45, 7) is 1.44. The van der Waals surface area contributed by atoms with Crippen molar-refractivity contribution in [3.8, 4) is 0 Å². The van der Waals surface area contributed by atoms with Gasteiger partial charge in [0.2, 0.25) is 5.95 Å². The van der Waals surface area contributed by atoms with Crippen LogP contribution in [-0.2, 0) is 19.1 Å². The van der Waals surface area contributed by atoms with Gasteiger partial charge < -0.3 is 21.3 Å². The zero-order chi connectivity index (χ0) is 23.8. The number of hydrogen-bond donors (Lipinski definition) is 3. The molecule has 0 aliphatic carbocycles. The van der Waals surface area contributed by atoms with Crippen LogP contribution >= 0.6 is 0 Å². The highest BCUT2D eigenvalue weighted by atomic mass is 19.4. The number of likely N-dealkylation sites (N-methyl/N-ethyl adjacent to an activating group) is 1. The van der Waals surface area contributed by atoms with Gasteiger partial charge in [-0.3, -0.25) is 4.79 Å². The van der Waals surface area contributed by atoms with Gasteiger partial charge in [-0.25, -0.2) is 4.39 Å². The van der Waals surface area contributed by atoms with E-state index in [2.05, 4.69) is 30.7 Å². The van der Waals surface area contributed by atoms with Crippen LogP contribution in [0.1, 0.15) is 27.2 Å². The maximum absolute atomic E-state index is 14.6. The number of nitrogens with zero attached hydrogens (tertiary/aromatic N) is 4. The van der Waals surface area contributed by atoms with Crippen LogP contribution < -0.4 is 16.4 Å². The Hall–Kier alpha value is -3.80. The molecule has 1 aromatic heterocycles. The number of primary amides is 1. The van der Waals surface area contributed by atoms with Gasteiger partial charge in [0, 0.05) is 13.1 Å². The van der Waals surface area contributed by atoms with Crippen LogP contribution in [0.5, 0.6) is 0 Å². The van der Waals surface area contributed by atoms with Crippen molar-refractivity contribution in [3.05, 3.63) is 64.6 Å². The van der Waals surface area contributed by atoms with Crippen molar-refractivity contribution in [1.29, 1.82) is 0 Å². The molecule has 0 radical (unpaired) electrons. The topological polar surface area (TPSA) is 109 Å². The second-order valence-corrected chi connectivity index (χ2v) is 7.58. The summed E-state index contributed by atoms with van der Waals surface area (Å²) in [7, 11) is 1.95. The summed E-state index contributed by atoms with van der Waals surface area (Å²) in [6.07, 6.45) is -3.95. The van der Waals surface area contributed by atoms with E-state index in [1.54, 1.807) is 6.07 Å². The number of aromatic nitrogens is 3. The molecular formula is C21H19F4N7O. The predicted octanol–water partition coefficient (Wildman–Crippen LogP) is 3.60. The standard InChI is InChI=1S/C21H19F4N7O/c1-32-7-6-11-8-14(22)16(9-12(11)10-32)28-20-29-19(17(18(26)33)30-31-20)27-15-5-3-2-4-13(15)21(23,24)25/h2-5,8-9H,6-7,10H2,1H3,(H2,26,33)(H2,27,28,29,31). The molecule has 2 heterocycles. The Labute approximate surface area is 185 Å². The van der Waals surface area contributed by atoms with Gasteiger partial charge in [-0.05, 0) is 48.9 Å². The molecule has 8 nitrogen and oxygen atoms in total. The lowest BCUT2D eigenvalue weighted by Crippen LogP contribution is -2.26. The predicted molar refractivity (Wildman–Crippen MR) is 113 cm³/mol. The molecule has 1 aliphatic rings. The fourth-order valence-corrected chi connectivity index (χ4v) is 3.54. The average Bonchev–Trinajstić information content (AvgIpc) is 2.74. The molecule has 0 saturated carbocycles. The number of fused-ring (bicyclic) bond motifs is 1. The monoisotopic (exact) mass is 461 g/mol. The van der Waals surface area contributed by atoms with Crippen LogP contribution in [0.3, 0.4) is 0 Å². The summed E-state index contributed by atoms with van der Waals surface area (Å²) in [5, 5.41) is 12.5. The summed E-state index contributed by atoms with van der Waals surface area (Å²) in [5.74, 6) is -2.17. The number of rotatable bonds is 5. The van der Waals surface area contributed by atoms with Gasteiger partial charge in [-0.2, -0.15) is 18.2 Å². The highest BCUT2D eigenvalue weighted by Crippen LogP contribution is 2.36. The molecular weight excluding hydrogens is 442 g/mol. The normalized spacial score (nSPS) is 14.0. The molecule has 4 N–H and O–H groups in total. The summed E-state index contributed by atoms with van der Waals surface area (Å²) < 4.78 is 54.7. The Bertz CT molecular complexity index is 1220. The lowest BCUT2D eigenvalue weighted by Gasteiger charge is -2.25. The fourth-order valence-electron chi connectivity index (χ4n) is 3.54. The van der Waals surface area contributed by atoms with Crippen molar-refractivity contribution in [1.82, 2.24) is 20.1 Å². The highest BCUT2D eigenvalue weighted by Gasteiger charge is 2.33. The second kappa shape index (κ2) is 8.62. The smallest absolute Gasteiger partial charge is 0.364 e. The van der Waals surface area contributed by atoms with Gasteiger partial charge >= 0.3 is 6.18 Å². The molecule has 0 spiro atoms. The number of alkyl halides is 3. The quantitative estimate of drug-likeness (QED) is 0.498. The van der Waals surface area contributed by atoms with Crippen LogP contribution in [0.25, 0.3) is 0 Å². The number of anilines is 4. The van der Waals surface area contributed by atoms with Crippen LogP contribution in [0.15, 0.2) is 36.4 Å². The molecule has 12 heteroatoms. The number of amides is 1. The summed E-state index contributed by atoms with van der Waals surface area (Å²) in [6, 6.07) is 7.70. The van der Waals surface area contributed by atoms with Crippen LogP contribution in [-0.4, -0.2) is 39.6 Å². The van der Waals surface area contributed by atoms with Crippen molar-refractivity contribution in [2.75, 3.05) is 24.2 Å². The summed E-state index contributed by atoms with van der Waals surface area (Å²) in [5.41, 5.74) is 5.36. The Morgan fingerprint density at radius 3 is 2.58 bits per heavy atom. The number of para-hydroxylation sites is 1. The van der Waals surface area contributed by atoms with Crippen molar-refractivity contribution >= 4 is 29.0 Å². The van der Waals surface area contributed by atoms with E-state index < -0.39 is 29.2 Å². The van der Waals surface area contributed by atoms with Gasteiger partial charge in [0.25, 0.3) is 5.91 Å². The number of halogens is 4. The largest absolute Gasteiger partial charge is 0.418 e. The zero-order valence-electron chi connectivity index (χ0n) is 17.4. The van der Waals surface area contributed by atoms with Crippen LogP contribution in [0.2, 0.25) is 0 Å². The molecule has 0 saturated heterocycles. The van der Waals surface area contributed by atoms with E-state index in [0.29, 0.717) is 13.0 Å². The maximum atomic E-state index is 14.6. The SMILES string of the molecule is CN1CCc2cc(F)c(Nc3nnc(C(N)=O)c(Nc4ccccc4C(F)(F)F)n3)cc2C1. The van der Waals surface area contributed by atoms with Crippen molar-refractivity contribution in [2.45, 2.75) is 19.1 Å². The molecule has 4 rings (SSSR count). The molecule has 0 fully saturated rings. The number of carbonyl (C=O) groups excluding carboxylic acids is 1. The van der Waals surface area contributed by atoms with E-state index in [9.17, 15) is 22.4 Å². The summed E-state index contributed by atoms with van der Waals surface area (Å²) >= 11 is 0.